The minimum atomic E-state index is 0.637. The van der Waals surface area contributed by atoms with Crippen molar-refractivity contribution in [1.29, 1.82) is 5.26 Å². The summed E-state index contributed by atoms with van der Waals surface area (Å²) in [6.07, 6.45) is 6.81. The second kappa shape index (κ2) is 7.56. The molecule has 0 atom stereocenters. The molecule has 0 radical (unpaired) electrons. The lowest BCUT2D eigenvalue weighted by atomic mass is 10.0. The van der Waals surface area contributed by atoms with Gasteiger partial charge in [0.1, 0.15) is 5.69 Å². The maximum atomic E-state index is 8.86. The summed E-state index contributed by atoms with van der Waals surface area (Å²) in [6, 6.07) is 18.0. The maximum absolute atomic E-state index is 8.86. The molecule has 0 N–H and O–H groups in total. The van der Waals surface area contributed by atoms with E-state index in [0.29, 0.717) is 5.56 Å². The summed E-state index contributed by atoms with van der Waals surface area (Å²) in [5.41, 5.74) is 4.81. The van der Waals surface area contributed by atoms with Crippen molar-refractivity contribution >= 4 is 0 Å². The lowest BCUT2D eigenvalue weighted by Crippen LogP contribution is -1.94. The Morgan fingerprint density at radius 2 is 1.75 bits per heavy atom. The molecule has 24 heavy (non-hydrogen) atoms. The van der Waals surface area contributed by atoms with Crippen molar-refractivity contribution in [3.63, 3.8) is 0 Å². The van der Waals surface area contributed by atoms with Crippen LogP contribution in [0.1, 0.15) is 37.3 Å². The van der Waals surface area contributed by atoms with Crippen molar-refractivity contribution < 1.29 is 0 Å². The Labute approximate surface area is 142 Å². The number of hydrogen-bond acceptors (Lipinski definition) is 3. The molecular weight excluding hydrogens is 296 g/mol. The Balaban J connectivity index is 1.74. The lowest BCUT2D eigenvalue weighted by molar-refractivity contribution is 0.717. The Hall–Kier alpha value is -2.93. The minimum Gasteiger partial charge on any atom is -0.220 e. The summed E-state index contributed by atoms with van der Waals surface area (Å²) in [5.74, 6) is 0. The Morgan fingerprint density at radius 3 is 2.42 bits per heavy atom. The molecular formula is C20H20N4. The Morgan fingerprint density at radius 1 is 1.00 bits per heavy atom. The predicted molar refractivity (Wildman–Crippen MR) is 94.7 cm³/mol. The molecule has 1 aromatic heterocycles. The molecule has 0 saturated carbocycles. The van der Waals surface area contributed by atoms with E-state index in [1.807, 2.05) is 18.3 Å². The fraction of sp³-hybridized carbons (Fsp3) is 0.250. The largest absolute Gasteiger partial charge is 0.220 e. The van der Waals surface area contributed by atoms with Crippen LogP contribution in [0.3, 0.4) is 0 Å². The lowest BCUT2D eigenvalue weighted by Gasteiger charge is -2.02. The number of hydrogen-bond donors (Lipinski definition) is 0. The first-order valence-corrected chi connectivity index (χ1v) is 8.32. The maximum Gasteiger partial charge on any atom is 0.113 e. The molecule has 0 spiro atoms. The fourth-order valence-electron chi connectivity index (χ4n) is 2.63. The molecule has 3 rings (SSSR count). The molecule has 2 aromatic carbocycles. The van der Waals surface area contributed by atoms with Gasteiger partial charge in [-0.2, -0.15) is 5.26 Å². The van der Waals surface area contributed by atoms with Gasteiger partial charge < -0.3 is 0 Å². The van der Waals surface area contributed by atoms with Gasteiger partial charge in [0.25, 0.3) is 0 Å². The predicted octanol–water partition coefficient (Wildman–Crippen LogP) is 4.54. The molecule has 0 saturated heterocycles. The zero-order chi connectivity index (χ0) is 16.8. The first kappa shape index (κ1) is 15.9. The van der Waals surface area contributed by atoms with Gasteiger partial charge in [-0.25, -0.2) is 4.68 Å². The number of unbranched alkanes of at least 4 members (excludes halogenated alkanes) is 2. The third kappa shape index (κ3) is 3.69. The highest BCUT2D eigenvalue weighted by atomic mass is 15.4. The molecule has 0 aliphatic heterocycles. The number of benzene rings is 2. The summed E-state index contributed by atoms with van der Waals surface area (Å²) in [6.45, 7) is 2.22. The number of aryl methyl sites for hydroxylation is 1. The van der Waals surface area contributed by atoms with Gasteiger partial charge in [0.15, 0.2) is 0 Å². The number of aromatic nitrogens is 3. The first-order chi connectivity index (χ1) is 11.8. The van der Waals surface area contributed by atoms with E-state index in [0.717, 1.165) is 23.4 Å². The molecule has 0 aliphatic rings. The Kier molecular flexibility index (Phi) is 5.02. The molecule has 0 fully saturated rings. The highest BCUT2D eigenvalue weighted by Crippen LogP contribution is 2.19. The second-order valence-electron chi connectivity index (χ2n) is 5.86. The van der Waals surface area contributed by atoms with E-state index in [1.54, 1.807) is 16.8 Å². The van der Waals surface area contributed by atoms with Crippen LogP contribution in [0, 0.1) is 11.3 Å². The van der Waals surface area contributed by atoms with Crippen LogP contribution in [0.15, 0.2) is 54.7 Å². The van der Waals surface area contributed by atoms with Crippen molar-refractivity contribution in [3.05, 3.63) is 65.9 Å². The number of nitriles is 1. The van der Waals surface area contributed by atoms with Gasteiger partial charge in [0.05, 0.1) is 23.5 Å². The van der Waals surface area contributed by atoms with Gasteiger partial charge in [0, 0.05) is 5.56 Å². The van der Waals surface area contributed by atoms with Crippen molar-refractivity contribution in [1.82, 2.24) is 15.0 Å². The summed E-state index contributed by atoms with van der Waals surface area (Å²) in [7, 11) is 0. The third-order valence-electron chi connectivity index (χ3n) is 4.07. The molecule has 0 aliphatic carbocycles. The van der Waals surface area contributed by atoms with Gasteiger partial charge in [-0.05, 0) is 42.7 Å². The van der Waals surface area contributed by atoms with Crippen molar-refractivity contribution in [2.24, 2.45) is 0 Å². The van der Waals surface area contributed by atoms with Crippen LogP contribution in [0.4, 0.5) is 0 Å². The van der Waals surface area contributed by atoms with Crippen LogP contribution < -0.4 is 0 Å². The monoisotopic (exact) mass is 316 g/mol. The van der Waals surface area contributed by atoms with Crippen LogP contribution in [-0.4, -0.2) is 15.0 Å². The van der Waals surface area contributed by atoms with E-state index in [2.05, 4.69) is 47.6 Å². The van der Waals surface area contributed by atoms with E-state index < -0.39 is 0 Å². The van der Waals surface area contributed by atoms with Crippen LogP contribution in [0.5, 0.6) is 0 Å². The van der Waals surface area contributed by atoms with Crippen LogP contribution in [0.25, 0.3) is 16.9 Å². The summed E-state index contributed by atoms with van der Waals surface area (Å²) in [4.78, 5) is 0. The summed E-state index contributed by atoms with van der Waals surface area (Å²) in [5, 5.41) is 17.3. The third-order valence-corrected chi connectivity index (χ3v) is 4.07. The average Bonchev–Trinajstić information content (AvgIpc) is 3.13. The molecule has 4 nitrogen and oxygen atoms in total. The van der Waals surface area contributed by atoms with Gasteiger partial charge in [-0.1, -0.05) is 49.2 Å². The van der Waals surface area contributed by atoms with Gasteiger partial charge in [0.2, 0.25) is 0 Å². The van der Waals surface area contributed by atoms with Crippen LogP contribution in [0.2, 0.25) is 0 Å². The zero-order valence-electron chi connectivity index (χ0n) is 13.8. The SMILES string of the molecule is CCCCCc1ccc(-c2cn(-c3ccc(C#N)cc3)nn2)cc1. The normalized spacial score (nSPS) is 10.5. The molecule has 1 heterocycles. The first-order valence-electron chi connectivity index (χ1n) is 8.32. The fourth-order valence-corrected chi connectivity index (χ4v) is 2.63. The van der Waals surface area contributed by atoms with E-state index in [9.17, 15) is 0 Å². The topological polar surface area (TPSA) is 54.5 Å². The molecule has 0 bridgehead atoms. The minimum absolute atomic E-state index is 0.637. The van der Waals surface area contributed by atoms with E-state index in [4.69, 9.17) is 5.26 Å². The van der Waals surface area contributed by atoms with E-state index >= 15 is 0 Å². The molecule has 3 aromatic rings. The van der Waals surface area contributed by atoms with Gasteiger partial charge in [-0.15, -0.1) is 5.10 Å². The standard InChI is InChI=1S/C20H20N4/c1-2-3-4-5-16-6-10-18(11-7-16)20-15-24(23-22-20)19-12-8-17(14-21)9-13-19/h6-13,15H,2-5H2,1H3. The Bertz CT molecular complexity index is 823. The number of rotatable bonds is 6. The summed E-state index contributed by atoms with van der Waals surface area (Å²) < 4.78 is 1.73. The van der Waals surface area contributed by atoms with Crippen LogP contribution in [-0.2, 0) is 6.42 Å². The highest BCUT2D eigenvalue weighted by Gasteiger charge is 2.06. The van der Waals surface area contributed by atoms with Crippen molar-refractivity contribution in [2.45, 2.75) is 32.6 Å². The van der Waals surface area contributed by atoms with Gasteiger partial charge in [-0.3, -0.25) is 0 Å². The zero-order valence-corrected chi connectivity index (χ0v) is 13.8. The highest BCUT2D eigenvalue weighted by molar-refractivity contribution is 5.58. The second-order valence-corrected chi connectivity index (χ2v) is 5.86. The molecule has 0 unspecified atom stereocenters. The van der Waals surface area contributed by atoms with Crippen molar-refractivity contribution in [2.75, 3.05) is 0 Å². The molecule has 0 amide bonds. The van der Waals surface area contributed by atoms with E-state index in [1.165, 1.54) is 24.8 Å². The molecule has 120 valence electrons. The molecule has 4 heteroatoms. The van der Waals surface area contributed by atoms with Crippen LogP contribution >= 0.6 is 0 Å². The average molecular weight is 316 g/mol. The number of nitrogens with zero attached hydrogens (tertiary/aromatic N) is 4. The quantitative estimate of drug-likeness (QED) is 0.627. The smallest absolute Gasteiger partial charge is 0.113 e. The van der Waals surface area contributed by atoms with Crippen molar-refractivity contribution in [3.8, 4) is 23.0 Å². The van der Waals surface area contributed by atoms with E-state index in [-0.39, 0.29) is 0 Å². The summed E-state index contributed by atoms with van der Waals surface area (Å²) >= 11 is 0. The van der Waals surface area contributed by atoms with Gasteiger partial charge >= 0.3 is 0 Å².